The molecule has 268 valence electrons. The van der Waals surface area contributed by atoms with E-state index in [0.29, 0.717) is 17.5 Å². The van der Waals surface area contributed by atoms with E-state index in [1.807, 2.05) is 0 Å². The van der Waals surface area contributed by atoms with Crippen LogP contribution in [-0.2, 0) is 6.42 Å². The molecule has 1 aromatic rings. The van der Waals surface area contributed by atoms with E-state index in [9.17, 15) is 10.2 Å². The van der Waals surface area contributed by atoms with Crippen molar-refractivity contribution in [1.82, 2.24) is 0 Å². The highest BCUT2D eigenvalue weighted by molar-refractivity contribution is 5.66. The Morgan fingerprint density at radius 2 is 0.750 bits per heavy atom. The Kier molecular flexibility index (Phi) is 21.2. The summed E-state index contributed by atoms with van der Waals surface area (Å²) in [4.78, 5) is 0. The number of ether oxygens (including phenoxy) is 2. The van der Waals surface area contributed by atoms with Gasteiger partial charge in [0, 0.05) is 11.1 Å². The number of aromatic hydroxyl groups is 2. The van der Waals surface area contributed by atoms with E-state index >= 15 is 0 Å². The van der Waals surface area contributed by atoms with Gasteiger partial charge in [-0.3, -0.25) is 0 Å². The summed E-state index contributed by atoms with van der Waals surface area (Å²) in [5.41, 5.74) is 11.3. The molecule has 4 heteroatoms. The van der Waals surface area contributed by atoms with Gasteiger partial charge < -0.3 is 19.7 Å². The van der Waals surface area contributed by atoms with Gasteiger partial charge in [0.05, 0.1) is 14.2 Å². The lowest BCUT2D eigenvalue weighted by Crippen LogP contribution is -1.98. The minimum Gasteiger partial charge on any atom is -0.504 e. The molecular formula is C44H68O4. The Balaban J connectivity index is 2.40. The van der Waals surface area contributed by atoms with E-state index < -0.39 is 0 Å². The van der Waals surface area contributed by atoms with Crippen molar-refractivity contribution >= 4 is 0 Å². The fourth-order valence-corrected chi connectivity index (χ4v) is 5.68. The van der Waals surface area contributed by atoms with Crippen molar-refractivity contribution in [1.29, 1.82) is 0 Å². The lowest BCUT2D eigenvalue weighted by molar-refractivity contribution is 0.314. The predicted molar refractivity (Wildman–Crippen MR) is 209 cm³/mol. The molecule has 0 aliphatic heterocycles. The molecule has 0 fully saturated rings. The van der Waals surface area contributed by atoms with Crippen molar-refractivity contribution in [2.45, 2.75) is 146 Å². The summed E-state index contributed by atoms with van der Waals surface area (Å²) in [5, 5.41) is 21.2. The quantitative estimate of drug-likeness (QED) is 0.0960. The summed E-state index contributed by atoms with van der Waals surface area (Å²) < 4.78 is 10.5. The standard InChI is InChI=1S/C44H68O4/c1-32(2)18-12-19-33(3)20-13-21-34(4)22-14-23-35(5)24-15-25-36(6)26-16-27-37(7)28-17-29-38(8)30-31-40-39(9)41(45)43(47-10)44(48-11)42(40)46/h18,20,22,24,26,28,30,45-46H,12-17,19,21,23,25,27,29,31H2,1-11H3/b33-20+,34-22+,35-24+,36-26+,37-28-,38-30+. The largest absolute Gasteiger partial charge is 0.504 e. The van der Waals surface area contributed by atoms with Crippen LogP contribution in [0.15, 0.2) is 81.5 Å². The van der Waals surface area contributed by atoms with Gasteiger partial charge in [0.1, 0.15) is 0 Å². The van der Waals surface area contributed by atoms with E-state index in [1.54, 1.807) is 6.92 Å². The van der Waals surface area contributed by atoms with Gasteiger partial charge in [-0.05, 0) is 146 Å². The van der Waals surface area contributed by atoms with E-state index in [4.69, 9.17) is 9.47 Å². The maximum Gasteiger partial charge on any atom is 0.207 e. The molecule has 0 radical (unpaired) electrons. The second-order valence-corrected chi connectivity index (χ2v) is 13.9. The van der Waals surface area contributed by atoms with Gasteiger partial charge >= 0.3 is 0 Å². The van der Waals surface area contributed by atoms with Crippen molar-refractivity contribution in [2.24, 2.45) is 0 Å². The smallest absolute Gasteiger partial charge is 0.207 e. The van der Waals surface area contributed by atoms with E-state index in [2.05, 4.69) is 97.9 Å². The van der Waals surface area contributed by atoms with Gasteiger partial charge in [-0.25, -0.2) is 0 Å². The summed E-state index contributed by atoms with van der Waals surface area (Å²) in [6.45, 7) is 19.5. The number of benzene rings is 1. The van der Waals surface area contributed by atoms with Crippen LogP contribution in [0.2, 0.25) is 0 Å². The molecule has 0 aromatic heterocycles. The molecule has 0 unspecified atom stereocenters. The number of phenolic OH excluding ortho intramolecular Hbond substituents is 2. The third-order valence-corrected chi connectivity index (χ3v) is 9.04. The molecule has 0 bridgehead atoms. The first-order chi connectivity index (χ1) is 22.8. The zero-order valence-electron chi connectivity index (χ0n) is 32.4. The molecule has 0 aliphatic carbocycles. The van der Waals surface area contributed by atoms with Crippen LogP contribution in [0.1, 0.15) is 144 Å². The lowest BCUT2D eigenvalue weighted by atomic mass is 9.99. The summed E-state index contributed by atoms with van der Waals surface area (Å²) in [6, 6.07) is 0. The Morgan fingerprint density at radius 3 is 1.06 bits per heavy atom. The molecule has 0 heterocycles. The summed E-state index contributed by atoms with van der Waals surface area (Å²) in [6.07, 6.45) is 30.3. The zero-order chi connectivity index (χ0) is 36.1. The Labute approximate surface area is 294 Å². The van der Waals surface area contributed by atoms with Crippen molar-refractivity contribution in [3.05, 3.63) is 92.7 Å². The minimum atomic E-state index is 0.00678. The van der Waals surface area contributed by atoms with Crippen LogP contribution < -0.4 is 9.47 Å². The van der Waals surface area contributed by atoms with E-state index in [1.165, 1.54) is 66.1 Å². The fourth-order valence-electron chi connectivity index (χ4n) is 5.68. The van der Waals surface area contributed by atoms with Crippen LogP contribution in [0, 0.1) is 6.92 Å². The maximum absolute atomic E-state index is 10.7. The van der Waals surface area contributed by atoms with E-state index in [-0.39, 0.29) is 23.0 Å². The highest BCUT2D eigenvalue weighted by atomic mass is 16.5. The molecular weight excluding hydrogens is 592 g/mol. The van der Waals surface area contributed by atoms with Gasteiger partial charge in [-0.1, -0.05) is 81.5 Å². The summed E-state index contributed by atoms with van der Waals surface area (Å²) >= 11 is 0. The number of hydrogen-bond acceptors (Lipinski definition) is 4. The second kappa shape index (κ2) is 23.8. The highest BCUT2D eigenvalue weighted by Crippen LogP contribution is 2.48. The van der Waals surface area contributed by atoms with Crippen LogP contribution in [-0.4, -0.2) is 24.4 Å². The molecule has 2 N–H and O–H groups in total. The molecule has 1 aromatic carbocycles. The molecule has 0 aliphatic rings. The molecule has 4 nitrogen and oxygen atoms in total. The number of hydrogen-bond donors (Lipinski definition) is 2. The van der Waals surface area contributed by atoms with Gasteiger partial charge in [-0.15, -0.1) is 0 Å². The first-order valence-corrected chi connectivity index (χ1v) is 18.0. The average Bonchev–Trinajstić information content (AvgIpc) is 3.02. The summed E-state index contributed by atoms with van der Waals surface area (Å²) in [7, 11) is 2.91. The third kappa shape index (κ3) is 17.1. The van der Waals surface area contributed by atoms with E-state index in [0.717, 1.165) is 64.2 Å². The van der Waals surface area contributed by atoms with Gasteiger partial charge in [0.25, 0.3) is 0 Å². The minimum absolute atomic E-state index is 0.00678. The second-order valence-electron chi connectivity index (χ2n) is 13.9. The van der Waals surface area contributed by atoms with Gasteiger partial charge in [0.15, 0.2) is 11.5 Å². The van der Waals surface area contributed by atoms with Crippen molar-refractivity contribution in [3.8, 4) is 23.0 Å². The van der Waals surface area contributed by atoms with Crippen molar-refractivity contribution in [3.63, 3.8) is 0 Å². The normalized spacial score (nSPS) is 13.6. The molecule has 0 saturated carbocycles. The highest BCUT2D eigenvalue weighted by Gasteiger charge is 2.22. The first kappa shape index (κ1) is 42.6. The number of allylic oxidation sites excluding steroid dienone is 14. The van der Waals surface area contributed by atoms with Crippen LogP contribution in [0.4, 0.5) is 0 Å². The first-order valence-electron chi connectivity index (χ1n) is 18.0. The van der Waals surface area contributed by atoms with Crippen LogP contribution in [0.5, 0.6) is 23.0 Å². The monoisotopic (exact) mass is 661 g/mol. The lowest BCUT2D eigenvalue weighted by Gasteiger charge is -2.17. The third-order valence-electron chi connectivity index (χ3n) is 9.04. The molecule has 0 amide bonds. The molecule has 0 spiro atoms. The maximum atomic E-state index is 10.7. The molecule has 48 heavy (non-hydrogen) atoms. The van der Waals surface area contributed by atoms with Gasteiger partial charge in [-0.2, -0.15) is 0 Å². The Bertz CT molecular complexity index is 1360. The fraction of sp³-hybridized carbons (Fsp3) is 0.545. The van der Waals surface area contributed by atoms with Crippen LogP contribution in [0.3, 0.4) is 0 Å². The zero-order valence-corrected chi connectivity index (χ0v) is 32.4. The summed E-state index contributed by atoms with van der Waals surface area (Å²) in [5.74, 6) is 0.357. The number of methoxy groups -OCH3 is 2. The SMILES string of the molecule is COc1c(O)c(C)c(C/C=C(\C)CC/C=C(/C)CC/C=C(\C)CC/C=C(\C)CC/C=C(\C)CC/C=C(\C)CCC=C(C)C)c(O)c1OC. The van der Waals surface area contributed by atoms with Crippen molar-refractivity contribution in [2.75, 3.05) is 14.2 Å². The van der Waals surface area contributed by atoms with Gasteiger partial charge in [0.2, 0.25) is 11.5 Å². The van der Waals surface area contributed by atoms with Crippen LogP contribution >= 0.6 is 0 Å². The predicted octanol–water partition coefficient (Wildman–Crippen LogP) is 13.3. The van der Waals surface area contributed by atoms with Crippen LogP contribution in [0.25, 0.3) is 0 Å². The topological polar surface area (TPSA) is 58.9 Å². The number of phenols is 2. The molecule has 1 rings (SSSR count). The molecule has 0 atom stereocenters. The Morgan fingerprint density at radius 1 is 0.458 bits per heavy atom. The molecule has 0 saturated heterocycles. The van der Waals surface area contributed by atoms with Crippen molar-refractivity contribution < 1.29 is 19.7 Å². The number of rotatable bonds is 22. The Hall–Kier alpha value is -3.40. The average molecular weight is 661 g/mol.